The van der Waals surface area contributed by atoms with Gasteiger partial charge in [0.2, 0.25) is 5.91 Å². The van der Waals surface area contributed by atoms with Crippen molar-refractivity contribution < 1.29 is 9.53 Å². The lowest BCUT2D eigenvalue weighted by Gasteiger charge is -2.11. The third-order valence-electron chi connectivity index (χ3n) is 2.56. The predicted molar refractivity (Wildman–Crippen MR) is 83.5 cm³/mol. The van der Waals surface area contributed by atoms with E-state index in [9.17, 15) is 4.79 Å². The molecule has 0 bridgehead atoms. The molecule has 0 aliphatic carbocycles. The Morgan fingerprint density at radius 1 is 1.20 bits per heavy atom. The lowest BCUT2D eigenvalue weighted by Crippen LogP contribution is -2.11. The zero-order valence-electron chi connectivity index (χ0n) is 10.2. The van der Waals surface area contributed by atoms with Crippen LogP contribution in [0.4, 0.5) is 0 Å². The van der Waals surface area contributed by atoms with Crippen molar-refractivity contribution in [3.05, 3.63) is 62.0 Å². The van der Waals surface area contributed by atoms with Crippen LogP contribution >= 0.6 is 39.1 Å². The van der Waals surface area contributed by atoms with Crippen LogP contribution in [0, 0.1) is 0 Å². The van der Waals surface area contributed by atoms with Crippen LogP contribution in [0.1, 0.15) is 15.9 Å². The molecule has 0 atom stereocenters. The second-order valence-electron chi connectivity index (χ2n) is 4.05. The lowest BCUT2D eigenvalue weighted by atomic mass is 10.2. The van der Waals surface area contributed by atoms with E-state index in [4.69, 9.17) is 33.7 Å². The molecule has 0 saturated heterocycles. The molecule has 0 fully saturated rings. The summed E-state index contributed by atoms with van der Waals surface area (Å²) < 4.78 is 6.56. The maximum atomic E-state index is 11.1. The van der Waals surface area contributed by atoms with Crippen LogP contribution in [0.25, 0.3) is 0 Å². The monoisotopic (exact) mass is 373 g/mol. The van der Waals surface area contributed by atoms with Crippen LogP contribution in [-0.2, 0) is 6.61 Å². The minimum atomic E-state index is -0.590. The summed E-state index contributed by atoms with van der Waals surface area (Å²) in [7, 11) is 0. The second kappa shape index (κ2) is 6.48. The van der Waals surface area contributed by atoms with E-state index in [0.717, 1.165) is 10.0 Å². The van der Waals surface area contributed by atoms with Gasteiger partial charge < -0.3 is 10.5 Å². The highest BCUT2D eigenvalue weighted by Gasteiger charge is 2.12. The van der Waals surface area contributed by atoms with Crippen molar-refractivity contribution in [2.75, 3.05) is 0 Å². The molecular weight excluding hydrogens is 365 g/mol. The molecule has 6 heteroatoms. The average molecular weight is 375 g/mol. The Morgan fingerprint density at radius 2 is 1.85 bits per heavy atom. The zero-order valence-corrected chi connectivity index (χ0v) is 13.3. The second-order valence-corrected chi connectivity index (χ2v) is 5.78. The van der Waals surface area contributed by atoms with Gasteiger partial charge in [-0.15, -0.1) is 0 Å². The molecule has 0 aliphatic heterocycles. The van der Waals surface area contributed by atoms with E-state index in [2.05, 4.69) is 15.9 Å². The smallest absolute Gasteiger partial charge is 0.248 e. The Kier molecular flexibility index (Phi) is 4.91. The predicted octanol–water partition coefficient (Wildman–Crippen LogP) is 4.43. The largest absolute Gasteiger partial charge is 0.486 e. The lowest BCUT2D eigenvalue weighted by molar-refractivity contribution is 0.1000. The van der Waals surface area contributed by atoms with Gasteiger partial charge in [-0.2, -0.15) is 0 Å². The van der Waals surface area contributed by atoms with Gasteiger partial charge in [-0.05, 0) is 29.8 Å². The Morgan fingerprint density at radius 3 is 2.40 bits per heavy atom. The summed E-state index contributed by atoms with van der Waals surface area (Å²) in [6, 6.07) is 10.6. The number of nitrogens with two attached hydrogens (primary N) is 1. The number of primary amides is 1. The van der Waals surface area contributed by atoms with Crippen LogP contribution in [0.2, 0.25) is 10.0 Å². The molecule has 0 aliphatic rings. The Labute approximate surface area is 134 Å². The average Bonchev–Trinajstić information content (AvgIpc) is 2.37. The SMILES string of the molecule is NC(=O)c1cc(Cl)c(OCc2cccc(Br)c2)c(Cl)c1. The molecule has 20 heavy (non-hydrogen) atoms. The molecule has 0 spiro atoms. The Hall–Kier alpha value is -1.23. The molecule has 0 heterocycles. The summed E-state index contributed by atoms with van der Waals surface area (Å²) in [4.78, 5) is 11.1. The van der Waals surface area contributed by atoms with Crippen LogP contribution in [0.3, 0.4) is 0 Å². The van der Waals surface area contributed by atoms with Crippen molar-refractivity contribution in [2.24, 2.45) is 5.73 Å². The molecule has 0 unspecified atom stereocenters. The number of rotatable bonds is 4. The van der Waals surface area contributed by atoms with Gasteiger partial charge in [0.15, 0.2) is 5.75 Å². The summed E-state index contributed by atoms with van der Waals surface area (Å²) in [6.07, 6.45) is 0. The summed E-state index contributed by atoms with van der Waals surface area (Å²) >= 11 is 15.5. The minimum absolute atomic E-state index is 0.245. The van der Waals surface area contributed by atoms with Gasteiger partial charge in [0.1, 0.15) is 6.61 Å². The number of carbonyl (C=O) groups is 1. The molecule has 0 saturated carbocycles. The first kappa shape index (κ1) is 15.2. The molecule has 0 aromatic heterocycles. The fourth-order valence-electron chi connectivity index (χ4n) is 1.62. The van der Waals surface area contributed by atoms with Crippen LogP contribution in [0.5, 0.6) is 5.75 Å². The summed E-state index contributed by atoms with van der Waals surface area (Å²) in [5, 5.41) is 0.502. The van der Waals surface area contributed by atoms with E-state index in [1.807, 2.05) is 24.3 Å². The van der Waals surface area contributed by atoms with Gasteiger partial charge in [-0.1, -0.05) is 51.3 Å². The number of ether oxygens (including phenoxy) is 1. The van der Waals surface area contributed by atoms with Gasteiger partial charge in [0, 0.05) is 10.0 Å². The standard InChI is InChI=1S/C14H10BrCl2NO2/c15-10-3-1-2-8(4-10)7-20-13-11(16)5-9(14(18)19)6-12(13)17/h1-6H,7H2,(H2,18,19). The summed E-state index contributed by atoms with van der Waals surface area (Å²) in [6.45, 7) is 0.314. The van der Waals surface area contributed by atoms with Crippen molar-refractivity contribution in [2.45, 2.75) is 6.61 Å². The van der Waals surface area contributed by atoms with Gasteiger partial charge in [0.25, 0.3) is 0 Å². The molecule has 2 aromatic rings. The summed E-state index contributed by atoms with van der Waals surface area (Å²) in [5.74, 6) is -0.259. The van der Waals surface area contributed by atoms with Crippen molar-refractivity contribution >= 4 is 45.0 Å². The minimum Gasteiger partial charge on any atom is -0.486 e. The Balaban J connectivity index is 2.20. The normalized spacial score (nSPS) is 10.3. The van der Waals surface area contributed by atoms with E-state index in [-0.39, 0.29) is 15.6 Å². The first-order valence-corrected chi connectivity index (χ1v) is 7.18. The van der Waals surface area contributed by atoms with Gasteiger partial charge in [-0.25, -0.2) is 0 Å². The third-order valence-corrected chi connectivity index (χ3v) is 3.61. The van der Waals surface area contributed by atoms with Crippen molar-refractivity contribution in [3.8, 4) is 5.75 Å². The Bertz CT molecular complexity index is 638. The van der Waals surface area contributed by atoms with Crippen LogP contribution < -0.4 is 10.5 Å². The number of hydrogen-bond donors (Lipinski definition) is 1. The maximum Gasteiger partial charge on any atom is 0.248 e. The van der Waals surface area contributed by atoms with Crippen LogP contribution in [-0.4, -0.2) is 5.91 Å². The summed E-state index contributed by atoms with van der Waals surface area (Å²) in [5.41, 5.74) is 6.39. The molecule has 0 radical (unpaired) electrons. The molecule has 2 N–H and O–H groups in total. The quantitative estimate of drug-likeness (QED) is 0.860. The number of halogens is 3. The fraction of sp³-hybridized carbons (Fsp3) is 0.0714. The topological polar surface area (TPSA) is 52.3 Å². The third kappa shape index (κ3) is 3.66. The van der Waals surface area contributed by atoms with E-state index in [0.29, 0.717) is 12.4 Å². The van der Waals surface area contributed by atoms with Gasteiger partial charge >= 0.3 is 0 Å². The molecule has 2 aromatic carbocycles. The van der Waals surface area contributed by atoms with E-state index >= 15 is 0 Å². The van der Waals surface area contributed by atoms with E-state index in [1.165, 1.54) is 12.1 Å². The van der Waals surface area contributed by atoms with E-state index < -0.39 is 5.91 Å². The van der Waals surface area contributed by atoms with Crippen molar-refractivity contribution in [1.82, 2.24) is 0 Å². The van der Waals surface area contributed by atoms with Crippen molar-refractivity contribution in [1.29, 1.82) is 0 Å². The molecule has 2 rings (SSSR count). The fourth-order valence-corrected chi connectivity index (χ4v) is 2.67. The molecule has 1 amide bonds. The van der Waals surface area contributed by atoms with Gasteiger partial charge in [-0.3, -0.25) is 4.79 Å². The number of carbonyl (C=O) groups excluding carboxylic acids is 1. The highest BCUT2D eigenvalue weighted by atomic mass is 79.9. The highest BCUT2D eigenvalue weighted by molar-refractivity contribution is 9.10. The van der Waals surface area contributed by atoms with Gasteiger partial charge in [0.05, 0.1) is 10.0 Å². The zero-order chi connectivity index (χ0) is 14.7. The number of hydrogen-bond acceptors (Lipinski definition) is 2. The van der Waals surface area contributed by atoms with Crippen LogP contribution in [0.15, 0.2) is 40.9 Å². The molecule has 104 valence electrons. The van der Waals surface area contributed by atoms with E-state index in [1.54, 1.807) is 0 Å². The number of benzene rings is 2. The first-order chi connectivity index (χ1) is 9.47. The maximum absolute atomic E-state index is 11.1. The molecule has 3 nitrogen and oxygen atoms in total. The number of amides is 1. The molecular formula is C14H10BrCl2NO2. The first-order valence-electron chi connectivity index (χ1n) is 5.63. The van der Waals surface area contributed by atoms with Crippen molar-refractivity contribution in [3.63, 3.8) is 0 Å². The highest BCUT2D eigenvalue weighted by Crippen LogP contribution is 2.34.